The lowest BCUT2D eigenvalue weighted by molar-refractivity contribution is 0.0524. The Labute approximate surface area is 124 Å². The van der Waals surface area contributed by atoms with E-state index in [9.17, 15) is 0 Å². The predicted molar refractivity (Wildman–Crippen MR) is 87.3 cm³/mol. The summed E-state index contributed by atoms with van der Waals surface area (Å²) in [6.07, 6.45) is 4.49. The Morgan fingerprint density at radius 3 is 1.05 bits per heavy atom. The number of rotatable bonds is 14. The first-order chi connectivity index (χ1) is 9.71. The quantitative estimate of drug-likeness (QED) is 0.316. The van der Waals surface area contributed by atoms with Crippen LogP contribution in [0.3, 0.4) is 0 Å². The van der Waals surface area contributed by atoms with Gasteiger partial charge < -0.3 is 22.9 Å². The first-order valence-corrected chi connectivity index (χ1v) is 7.99. The third-order valence-corrected chi connectivity index (χ3v) is 3.65. The summed E-state index contributed by atoms with van der Waals surface area (Å²) in [7, 11) is 0. The third-order valence-electron chi connectivity index (χ3n) is 3.65. The van der Waals surface area contributed by atoms with Crippen LogP contribution in [-0.4, -0.2) is 68.3 Å². The lowest BCUT2D eigenvalue weighted by Gasteiger charge is -2.38. The van der Waals surface area contributed by atoms with Crippen molar-refractivity contribution in [3.63, 3.8) is 0 Å². The fourth-order valence-corrected chi connectivity index (χ4v) is 2.38. The fourth-order valence-electron chi connectivity index (χ4n) is 2.38. The van der Waals surface area contributed by atoms with Crippen molar-refractivity contribution in [1.82, 2.24) is 9.80 Å². The van der Waals surface area contributed by atoms with Gasteiger partial charge in [-0.1, -0.05) is 0 Å². The standard InChI is InChI=1S/C14H36N6/c1-14(19(10-2-6-15)11-3-7-16)20(12-4-8-17)13-5-9-18/h14H,2-13,15-18H2,1H3. The van der Waals surface area contributed by atoms with Gasteiger partial charge in [-0.25, -0.2) is 0 Å². The van der Waals surface area contributed by atoms with Crippen molar-refractivity contribution >= 4 is 0 Å². The summed E-state index contributed by atoms with van der Waals surface area (Å²) < 4.78 is 0. The predicted octanol–water partition coefficient (Wildman–Crippen LogP) is -0.668. The van der Waals surface area contributed by atoms with Crippen molar-refractivity contribution in [2.45, 2.75) is 38.8 Å². The second-order valence-electron chi connectivity index (χ2n) is 5.27. The molecule has 0 saturated heterocycles. The Balaban J connectivity index is 4.49. The highest BCUT2D eigenvalue weighted by molar-refractivity contribution is 4.71. The highest BCUT2D eigenvalue weighted by atomic mass is 15.3. The molecule has 0 unspecified atom stereocenters. The lowest BCUT2D eigenvalue weighted by atomic mass is 10.2. The highest BCUT2D eigenvalue weighted by Gasteiger charge is 2.19. The summed E-state index contributed by atoms with van der Waals surface area (Å²) in [5.74, 6) is 0. The number of nitrogens with zero attached hydrogens (tertiary/aromatic N) is 2. The van der Waals surface area contributed by atoms with E-state index in [-0.39, 0.29) is 0 Å². The van der Waals surface area contributed by atoms with E-state index in [2.05, 4.69) is 16.7 Å². The van der Waals surface area contributed by atoms with Crippen molar-refractivity contribution < 1.29 is 0 Å². The van der Waals surface area contributed by atoms with Gasteiger partial charge in [0, 0.05) is 26.2 Å². The zero-order valence-corrected chi connectivity index (χ0v) is 13.3. The molecule has 122 valence electrons. The van der Waals surface area contributed by atoms with Gasteiger partial charge in [-0.3, -0.25) is 9.80 Å². The molecule has 0 bridgehead atoms. The smallest absolute Gasteiger partial charge is 0.0593 e. The molecule has 0 saturated carbocycles. The molecule has 0 aliphatic heterocycles. The average molecular weight is 288 g/mol. The molecule has 0 heterocycles. The minimum absolute atomic E-state index is 0.395. The first-order valence-electron chi connectivity index (χ1n) is 7.99. The van der Waals surface area contributed by atoms with Crippen LogP contribution >= 0.6 is 0 Å². The van der Waals surface area contributed by atoms with Crippen LogP contribution in [0, 0.1) is 0 Å². The van der Waals surface area contributed by atoms with E-state index in [1.807, 2.05) is 0 Å². The summed E-state index contributed by atoms with van der Waals surface area (Å²) in [5.41, 5.74) is 22.6. The molecule has 0 aliphatic rings. The minimum atomic E-state index is 0.395. The maximum Gasteiger partial charge on any atom is 0.0593 e. The van der Waals surface area contributed by atoms with Gasteiger partial charge in [0.1, 0.15) is 0 Å². The van der Waals surface area contributed by atoms with Crippen LogP contribution in [0.4, 0.5) is 0 Å². The zero-order valence-electron chi connectivity index (χ0n) is 13.3. The summed E-state index contributed by atoms with van der Waals surface area (Å²) in [4.78, 5) is 4.96. The monoisotopic (exact) mass is 288 g/mol. The molecule has 6 heteroatoms. The van der Waals surface area contributed by atoms with Crippen molar-refractivity contribution in [3.05, 3.63) is 0 Å². The summed E-state index contributed by atoms with van der Waals surface area (Å²) in [6, 6.07) is 0. The second kappa shape index (κ2) is 13.7. The zero-order chi connectivity index (χ0) is 15.2. The van der Waals surface area contributed by atoms with E-state index < -0.39 is 0 Å². The Kier molecular flexibility index (Phi) is 13.6. The highest BCUT2D eigenvalue weighted by Crippen LogP contribution is 2.09. The van der Waals surface area contributed by atoms with Gasteiger partial charge in [0.15, 0.2) is 0 Å². The molecule has 8 N–H and O–H groups in total. The second-order valence-corrected chi connectivity index (χ2v) is 5.27. The van der Waals surface area contributed by atoms with E-state index in [0.717, 1.165) is 78.0 Å². The SMILES string of the molecule is CC(N(CCCN)CCCN)N(CCCN)CCCN. The van der Waals surface area contributed by atoms with Crippen LogP contribution in [0.2, 0.25) is 0 Å². The van der Waals surface area contributed by atoms with Gasteiger partial charge in [-0.2, -0.15) is 0 Å². The molecular weight excluding hydrogens is 252 g/mol. The van der Waals surface area contributed by atoms with Gasteiger partial charge in [-0.15, -0.1) is 0 Å². The van der Waals surface area contributed by atoms with Crippen molar-refractivity contribution in [2.75, 3.05) is 52.4 Å². The summed E-state index contributed by atoms with van der Waals surface area (Å²) >= 11 is 0. The summed E-state index contributed by atoms with van der Waals surface area (Å²) in [5, 5.41) is 0. The maximum atomic E-state index is 5.64. The molecular formula is C14H36N6. The number of nitrogens with two attached hydrogens (primary N) is 4. The molecule has 0 aromatic rings. The maximum absolute atomic E-state index is 5.64. The average Bonchev–Trinajstić information content (AvgIpc) is 2.47. The van der Waals surface area contributed by atoms with Crippen molar-refractivity contribution in [3.8, 4) is 0 Å². The van der Waals surface area contributed by atoms with Crippen LogP contribution in [-0.2, 0) is 0 Å². The van der Waals surface area contributed by atoms with E-state index in [1.165, 1.54) is 0 Å². The van der Waals surface area contributed by atoms with Gasteiger partial charge in [-0.05, 0) is 58.8 Å². The molecule has 6 nitrogen and oxygen atoms in total. The molecule has 0 fully saturated rings. The molecule has 0 atom stereocenters. The van der Waals surface area contributed by atoms with E-state index in [0.29, 0.717) is 6.17 Å². The lowest BCUT2D eigenvalue weighted by Crippen LogP contribution is -2.49. The Bertz CT molecular complexity index is 166. The van der Waals surface area contributed by atoms with Gasteiger partial charge in [0.05, 0.1) is 6.17 Å². The van der Waals surface area contributed by atoms with Gasteiger partial charge >= 0.3 is 0 Å². The molecule has 0 radical (unpaired) electrons. The molecule has 0 rings (SSSR count). The molecule has 0 aliphatic carbocycles. The third kappa shape index (κ3) is 8.84. The fraction of sp³-hybridized carbons (Fsp3) is 1.00. The van der Waals surface area contributed by atoms with Gasteiger partial charge in [0.2, 0.25) is 0 Å². The van der Waals surface area contributed by atoms with Crippen molar-refractivity contribution in [1.29, 1.82) is 0 Å². The molecule has 0 aromatic heterocycles. The van der Waals surface area contributed by atoms with Crippen LogP contribution in [0.1, 0.15) is 32.6 Å². The van der Waals surface area contributed by atoms with Crippen LogP contribution in [0.25, 0.3) is 0 Å². The first kappa shape index (κ1) is 19.8. The Morgan fingerprint density at radius 1 is 0.600 bits per heavy atom. The van der Waals surface area contributed by atoms with Crippen LogP contribution in [0.5, 0.6) is 0 Å². The van der Waals surface area contributed by atoms with E-state index >= 15 is 0 Å². The largest absolute Gasteiger partial charge is 0.330 e. The molecule has 0 aromatic carbocycles. The van der Waals surface area contributed by atoms with Crippen molar-refractivity contribution in [2.24, 2.45) is 22.9 Å². The topological polar surface area (TPSA) is 111 Å². The number of hydrogen-bond donors (Lipinski definition) is 4. The van der Waals surface area contributed by atoms with E-state index in [4.69, 9.17) is 22.9 Å². The number of hydrogen-bond acceptors (Lipinski definition) is 6. The Hall–Kier alpha value is -0.240. The Morgan fingerprint density at radius 2 is 0.850 bits per heavy atom. The van der Waals surface area contributed by atoms with E-state index in [1.54, 1.807) is 0 Å². The minimum Gasteiger partial charge on any atom is -0.330 e. The normalized spacial score (nSPS) is 12.0. The summed E-state index contributed by atoms with van der Waals surface area (Å²) in [6.45, 7) is 9.31. The molecule has 20 heavy (non-hydrogen) atoms. The molecule has 0 amide bonds. The van der Waals surface area contributed by atoms with Crippen LogP contribution < -0.4 is 22.9 Å². The molecule has 0 spiro atoms. The van der Waals surface area contributed by atoms with Gasteiger partial charge in [0.25, 0.3) is 0 Å². The van der Waals surface area contributed by atoms with Crippen LogP contribution in [0.15, 0.2) is 0 Å².